The van der Waals surface area contributed by atoms with Crippen LogP contribution < -0.4 is 19.7 Å². The Morgan fingerprint density at radius 1 is 1.17 bits per heavy atom. The molecule has 0 radical (unpaired) electrons. The van der Waals surface area contributed by atoms with Gasteiger partial charge in [0.05, 0.1) is 25.8 Å². The van der Waals surface area contributed by atoms with Crippen LogP contribution in [-0.2, 0) is 19.1 Å². The van der Waals surface area contributed by atoms with Crippen LogP contribution in [0.3, 0.4) is 0 Å². The highest BCUT2D eigenvalue weighted by molar-refractivity contribution is 6.31. The highest BCUT2D eigenvalue weighted by atomic mass is 35.5. The monoisotopic (exact) mass is 432 g/mol. The van der Waals surface area contributed by atoms with Gasteiger partial charge in [-0.05, 0) is 30.3 Å². The summed E-state index contributed by atoms with van der Waals surface area (Å²) in [5.74, 6) is -0.968. The Labute approximate surface area is 178 Å². The van der Waals surface area contributed by atoms with Crippen molar-refractivity contribution < 1.29 is 28.6 Å². The zero-order valence-electron chi connectivity index (χ0n) is 16.5. The van der Waals surface area contributed by atoms with E-state index in [9.17, 15) is 14.4 Å². The number of carbonyl (C=O) groups excluding carboxylic acids is 3. The Hall–Kier alpha value is -3.26. The van der Waals surface area contributed by atoms with Crippen LogP contribution in [0.2, 0.25) is 5.02 Å². The number of benzene rings is 2. The molecule has 2 amide bonds. The predicted octanol–water partition coefficient (Wildman–Crippen LogP) is 2.89. The number of rotatable bonds is 7. The summed E-state index contributed by atoms with van der Waals surface area (Å²) < 4.78 is 15.4. The zero-order valence-corrected chi connectivity index (χ0v) is 17.3. The quantitative estimate of drug-likeness (QED) is 0.676. The molecular formula is C21H21ClN2O6. The van der Waals surface area contributed by atoms with Crippen LogP contribution in [0.4, 0.5) is 11.4 Å². The van der Waals surface area contributed by atoms with Gasteiger partial charge in [0, 0.05) is 29.7 Å². The van der Waals surface area contributed by atoms with E-state index < -0.39 is 24.4 Å². The zero-order chi connectivity index (χ0) is 21.7. The first kappa shape index (κ1) is 21.4. The minimum absolute atomic E-state index is 0.0137. The Bertz CT molecular complexity index is 964. The van der Waals surface area contributed by atoms with Crippen molar-refractivity contribution in [2.75, 3.05) is 37.6 Å². The highest BCUT2D eigenvalue weighted by Crippen LogP contribution is 2.29. The number of amides is 2. The number of nitrogens with zero attached hydrogens (tertiary/aromatic N) is 1. The molecule has 1 saturated heterocycles. The van der Waals surface area contributed by atoms with Crippen LogP contribution in [0.25, 0.3) is 0 Å². The molecule has 1 fully saturated rings. The summed E-state index contributed by atoms with van der Waals surface area (Å²) in [6.07, 6.45) is 0.0137. The lowest BCUT2D eigenvalue weighted by Gasteiger charge is -2.17. The van der Waals surface area contributed by atoms with Gasteiger partial charge in [-0.15, -0.1) is 0 Å². The second-order valence-corrected chi connectivity index (χ2v) is 7.04. The SMILES string of the molecule is COc1cccc(N2C[C@H](C(=O)OCC(=O)Nc3cc(Cl)ccc3OC)CC2=O)c1. The van der Waals surface area contributed by atoms with Crippen molar-refractivity contribution in [2.45, 2.75) is 6.42 Å². The molecule has 2 aromatic carbocycles. The molecule has 0 aromatic heterocycles. The third kappa shape index (κ3) is 5.01. The van der Waals surface area contributed by atoms with E-state index in [-0.39, 0.29) is 18.9 Å². The largest absolute Gasteiger partial charge is 0.497 e. The fraction of sp³-hybridized carbons (Fsp3) is 0.286. The number of hydrogen-bond acceptors (Lipinski definition) is 6. The van der Waals surface area contributed by atoms with Gasteiger partial charge in [-0.2, -0.15) is 0 Å². The first-order valence-corrected chi connectivity index (χ1v) is 9.53. The highest BCUT2D eigenvalue weighted by Gasteiger charge is 2.36. The molecule has 9 heteroatoms. The lowest BCUT2D eigenvalue weighted by molar-refractivity contribution is -0.151. The summed E-state index contributed by atoms with van der Waals surface area (Å²) in [6.45, 7) is -0.313. The van der Waals surface area contributed by atoms with E-state index in [4.69, 9.17) is 25.8 Å². The molecule has 1 heterocycles. The van der Waals surface area contributed by atoms with Gasteiger partial charge in [0.1, 0.15) is 11.5 Å². The van der Waals surface area contributed by atoms with Crippen molar-refractivity contribution in [3.63, 3.8) is 0 Å². The summed E-state index contributed by atoms with van der Waals surface area (Å²) in [6, 6.07) is 11.8. The molecule has 2 aromatic rings. The van der Waals surface area contributed by atoms with Crippen molar-refractivity contribution in [1.29, 1.82) is 0 Å². The topological polar surface area (TPSA) is 94.2 Å². The van der Waals surface area contributed by atoms with Crippen molar-refractivity contribution in [1.82, 2.24) is 0 Å². The first-order valence-electron chi connectivity index (χ1n) is 9.15. The molecule has 1 N–H and O–H groups in total. The van der Waals surface area contributed by atoms with Gasteiger partial charge in [0.2, 0.25) is 5.91 Å². The summed E-state index contributed by atoms with van der Waals surface area (Å²) in [4.78, 5) is 38.4. The number of halogens is 1. The third-order valence-corrected chi connectivity index (χ3v) is 4.84. The summed E-state index contributed by atoms with van der Waals surface area (Å²) in [5, 5.41) is 3.01. The number of ether oxygens (including phenoxy) is 3. The predicted molar refractivity (Wildman–Crippen MR) is 111 cm³/mol. The standard InChI is InChI=1S/C21H21ClN2O6/c1-28-16-5-3-4-15(10-16)24-11-13(8-20(24)26)21(27)30-12-19(25)23-17-9-14(22)6-7-18(17)29-2/h3-7,9-10,13H,8,11-12H2,1-2H3,(H,23,25)/t13-/m1/s1. The van der Waals surface area contributed by atoms with E-state index in [1.54, 1.807) is 36.4 Å². The van der Waals surface area contributed by atoms with Crippen molar-refractivity contribution in [3.05, 3.63) is 47.5 Å². The van der Waals surface area contributed by atoms with E-state index in [1.165, 1.54) is 25.2 Å². The van der Waals surface area contributed by atoms with Crippen LogP contribution in [0.1, 0.15) is 6.42 Å². The first-order chi connectivity index (χ1) is 14.4. The minimum atomic E-state index is -0.655. The molecule has 0 bridgehead atoms. The Kier molecular flexibility index (Phi) is 6.79. The van der Waals surface area contributed by atoms with Crippen molar-refractivity contribution >= 4 is 40.8 Å². The Balaban J connectivity index is 1.56. The Morgan fingerprint density at radius 2 is 1.97 bits per heavy atom. The van der Waals surface area contributed by atoms with E-state index >= 15 is 0 Å². The molecule has 0 aliphatic carbocycles. The van der Waals surface area contributed by atoms with E-state index in [0.717, 1.165) is 0 Å². The van der Waals surface area contributed by atoms with Gasteiger partial charge in [-0.3, -0.25) is 14.4 Å². The number of anilines is 2. The van der Waals surface area contributed by atoms with Crippen molar-refractivity contribution in [2.24, 2.45) is 5.92 Å². The smallest absolute Gasteiger partial charge is 0.311 e. The number of methoxy groups -OCH3 is 2. The molecule has 3 rings (SSSR count). The molecular weight excluding hydrogens is 412 g/mol. The van der Waals surface area contributed by atoms with E-state index in [0.29, 0.717) is 27.9 Å². The van der Waals surface area contributed by atoms with Gasteiger partial charge in [0.25, 0.3) is 5.91 Å². The fourth-order valence-electron chi connectivity index (χ4n) is 3.11. The number of hydrogen-bond donors (Lipinski definition) is 1. The van der Waals surface area contributed by atoms with Crippen LogP contribution in [-0.4, -0.2) is 45.2 Å². The van der Waals surface area contributed by atoms with Crippen LogP contribution in [0, 0.1) is 5.92 Å². The summed E-state index contributed by atoms with van der Waals surface area (Å²) in [5.41, 5.74) is 1.01. The maximum atomic E-state index is 12.4. The van der Waals surface area contributed by atoms with Gasteiger partial charge in [0.15, 0.2) is 6.61 Å². The molecule has 158 valence electrons. The van der Waals surface area contributed by atoms with E-state index in [2.05, 4.69) is 5.32 Å². The molecule has 0 spiro atoms. The maximum absolute atomic E-state index is 12.4. The lowest BCUT2D eigenvalue weighted by atomic mass is 10.1. The summed E-state index contributed by atoms with van der Waals surface area (Å²) in [7, 11) is 3.00. The number of esters is 1. The Morgan fingerprint density at radius 3 is 2.70 bits per heavy atom. The molecule has 8 nitrogen and oxygen atoms in total. The van der Waals surface area contributed by atoms with E-state index in [1.807, 2.05) is 0 Å². The minimum Gasteiger partial charge on any atom is -0.497 e. The molecule has 1 aliphatic heterocycles. The third-order valence-electron chi connectivity index (χ3n) is 4.60. The second kappa shape index (κ2) is 9.49. The number of carbonyl (C=O) groups is 3. The van der Waals surface area contributed by atoms with Crippen LogP contribution in [0.15, 0.2) is 42.5 Å². The second-order valence-electron chi connectivity index (χ2n) is 6.61. The summed E-state index contributed by atoms with van der Waals surface area (Å²) >= 11 is 5.93. The lowest BCUT2D eigenvalue weighted by Crippen LogP contribution is -2.28. The van der Waals surface area contributed by atoms with Gasteiger partial charge in [-0.1, -0.05) is 17.7 Å². The molecule has 30 heavy (non-hydrogen) atoms. The van der Waals surface area contributed by atoms with Crippen LogP contribution >= 0.6 is 11.6 Å². The van der Waals surface area contributed by atoms with Crippen LogP contribution in [0.5, 0.6) is 11.5 Å². The van der Waals surface area contributed by atoms with Gasteiger partial charge in [-0.25, -0.2) is 0 Å². The molecule has 1 atom stereocenters. The normalized spacial score (nSPS) is 15.6. The molecule has 0 unspecified atom stereocenters. The molecule has 1 aliphatic rings. The average molecular weight is 433 g/mol. The van der Waals surface area contributed by atoms with Crippen molar-refractivity contribution in [3.8, 4) is 11.5 Å². The average Bonchev–Trinajstić information content (AvgIpc) is 3.14. The molecule has 0 saturated carbocycles. The van der Waals surface area contributed by atoms with Gasteiger partial charge < -0.3 is 24.4 Å². The number of nitrogens with one attached hydrogen (secondary N) is 1. The van der Waals surface area contributed by atoms with Gasteiger partial charge >= 0.3 is 5.97 Å². The maximum Gasteiger partial charge on any atom is 0.311 e. The fourth-order valence-corrected chi connectivity index (χ4v) is 3.28.